The Morgan fingerprint density at radius 1 is 1.21 bits per heavy atom. The highest BCUT2D eigenvalue weighted by molar-refractivity contribution is 9.10. The van der Waals surface area contributed by atoms with Gasteiger partial charge in [0.1, 0.15) is 6.10 Å². The molecule has 0 fully saturated rings. The molecule has 2 bridgehead atoms. The summed E-state index contributed by atoms with van der Waals surface area (Å²) in [6, 6.07) is 7.33. The van der Waals surface area contributed by atoms with Crippen LogP contribution in [-0.2, 0) is 25.5 Å². The summed E-state index contributed by atoms with van der Waals surface area (Å²) in [6.45, 7) is 1.56. The van der Waals surface area contributed by atoms with Crippen molar-refractivity contribution in [1.82, 2.24) is 0 Å². The lowest BCUT2D eigenvalue weighted by Crippen LogP contribution is -2.51. The highest BCUT2D eigenvalue weighted by atomic mass is 79.9. The van der Waals surface area contributed by atoms with Gasteiger partial charge in [-0.3, -0.25) is 9.59 Å². The molecule has 0 aromatic heterocycles. The molecule has 0 spiro atoms. The molecule has 2 heterocycles. The third kappa shape index (κ3) is 1.75. The number of hydrogen-bond acceptors (Lipinski definition) is 5. The molecular weight excluding hydrogens is 376 g/mol. The molecule has 3 unspecified atom stereocenters. The number of hydrogen-bond donors (Lipinski definition) is 1. The van der Waals surface area contributed by atoms with Crippen LogP contribution < -0.4 is 0 Å². The van der Waals surface area contributed by atoms with Crippen molar-refractivity contribution >= 4 is 33.5 Å². The molecule has 1 N–H and O–H groups in total. The Morgan fingerprint density at radius 3 is 2.58 bits per heavy atom. The van der Waals surface area contributed by atoms with E-state index in [1.165, 1.54) is 12.2 Å². The Labute approximate surface area is 146 Å². The average molecular weight is 389 g/mol. The van der Waals surface area contributed by atoms with Gasteiger partial charge < -0.3 is 9.84 Å². The molecule has 0 saturated carbocycles. The number of esters is 1. The van der Waals surface area contributed by atoms with Gasteiger partial charge >= 0.3 is 5.97 Å². The molecule has 0 saturated heterocycles. The van der Waals surface area contributed by atoms with E-state index in [0.717, 1.165) is 10.0 Å². The second-order valence-corrected chi connectivity index (χ2v) is 7.35. The van der Waals surface area contributed by atoms with Crippen molar-refractivity contribution < 1.29 is 24.2 Å². The summed E-state index contributed by atoms with van der Waals surface area (Å²) in [7, 11) is 0. The third-order valence-electron chi connectivity index (χ3n) is 4.97. The van der Waals surface area contributed by atoms with Crippen LogP contribution in [0.15, 0.2) is 52.0 Å². The lowest BCUT2D eigenvalue weighted by atomic mass is 9.76. The Kier molecular flexibility index (Phi) is 3.06. The number of carbonyl (C=O) groups excluding carboxylic acids is 3. The zero-order valence-corrected chi connectivity index (χ0v) is 14.3. The summed E-state index contributed by atoms with van der Waals surface area (Å²) >= 11 is 3.42. The Balaban J connectivity index is 1.81. The molecule has 2 aliphatic heterocycles. The van der Waals surface area contributed by atoms with Crippen LogP contribution in [0.3, 0.4) is 0 Å². The number of ether oxygens (including phenoxy) is 1. The van der Waals surface area contributed by atoms with Crippen molar-refractivity contribution in [3.8, 4) is 0 Å². The molecule has 1 aromatic rings. The topological polar surface area (TPSA) is 80.7 Å². The monoisotopic (exact) mass is 388 g/mol. The predicted molar refractivity (Wildman–Crippen MR) is 87.0 cm³/mol. The van der Waals surface area contributed by atoms with Crippen molar-refractivity contribution in [2.24, 2.45) is 5.41 Å². The maximum absolute atomic E-state index is 13.0. The van der Waals surface area contributed by atoms with Gasteiger partial charge in [-0.25, -0.2) is 4.79 Å². The van der Waals surface area contributed by atoms with E-state index in [0.29, 0.717) is 0 Å². The van der Waals surface area contributed by atoms with Gasteiger partial charge in [0.2, 0.25) is 5.60 Å². The molecule has 4 aliphatic rings. The largest absolute Gasteiger partial charge is 0.450 e. The molecule has 0 amide bonds. The molecular formula is C18H13BrO5. The van der Waals surface area contributed by atoms with Crippen LogP contribution >= 0.6 is 15.9 Å². The van der Waals surface area contributed by atoms with Crippen LogP contribution in [0.5, 0.6) is 0 Å². The number of ketones is 2. The number of aliphatic hydroxyl groups is 1. The van der Waals surface area contributed by atoms with Gasteiger partial charge in [-0.15, -0.1) is 0 Å². The Bertz CT molecular complexity index is 883. The van der Waals surface area contributed by atoms with Gasteiger partial charge in [0.05, 0.1) is 16.6 Å². The summed E-state index contributed by atoms with van der Waals surface area (Å²) in [4.78, 5) is 38.0. The van der Waals surface area contributed by atoms with E-state index in [1.807, 2.05) is 24.3 Å². The first-order chi connectivity index (χ1) is 11.3. The lowest BCUT2D eigenvalue weighted by molar-refractivity contribution is -0.164. The minimum absolute atomic E-state index is 0.110. The summed E-state index contributed by atoms with van der Waals surface area (Å²) in [5, 5.41) is 10.6. The van der Waals surface area contributed by atoms with E-state index in [4.69, 9.17) is 4.74 Å². The van der Waals surface area contributed by atoms with Gasteiger partial charge in [0.15, 0.2) is 11.6 Å². The van der Waals surface area contributed by atoms with E-state index in [1.54, 1.807) is 6.92 Å². The Hall–Kier alpha value is -2.05. The van der Waals surface area contributed by atoms with Crippen molar-refractivity contribution in [2.45, 2.75) is 25.0 Å². The van der Waals surface area contributed by atoms with E-state index in [-0.39, 0.29) is 17.6 Å². The van der Waals surface area contributed by atoms with Crippen LogP contribution in [0.25, 0.3) is 0 Å². The number of halogens is 1. The normalized spacial score (nSPS) is 34.0. The number of fused-ring (bicyclic) bond motifs is 1. The van der Waals surface area contributed by atoms with Gasteiger partial charge in [0.25, 0.3) is 0 Å². The smallest absolute Gasteiger partial charge is 0.348 e. The van der Waals surface area contributed by atoms with Crippen LogP contribution in [0.2, 0.25) is 0 Å². The second-order valence-electron chi connectivity index (χ2n) is 6.50. The van der Waals surface area contributed by atoms with Gasteiger partial charge in [-0.2, -0.15) is 0 Å². The number of rotatable bonds is 2. The van der Waals surface area contributed by atoms with Crippen LogP contribution in [0.1, 0.15) is 12.5 Å². The van der Waals surface area contributed by atoms with Gasteiger partial charge in [0, 0.05) is 4.47 Å². The van der Waals surface area contributed by atoms with E-state index >= 15 is 0 Å². The fourth-order valence-corrected chi connectivity index (χ4v) is 4.05. The maximum atomic E-state index is 13.0. The lowest BCUT2D eigenvalue weighted by Gasteiger charge is -2.36. The summed E-state index contributed by atoms with van der Waals surface area (Å²) in [5.74, 6) is -1.80. The number of carbonyl (C=O) groups is 3. The molecule has 122 valence electrons. The van der Waals surface area contributed by atoms with Crippen LogP contribution in [-0.4, -0.2) is 34.3 Å². The summed E-state index contributed by atoms with van der Waals surface area (Å²) in [6.07, 6.45) is 1.99. The first kappa shape index (κ1) is 15.5. The third-order valence-corrected chi connectivity index (χ3v) is 5.74. The SMILES string of the molecule is CC1(Cc2ccccc2Br)C(=O)C2=C(C1=O)C1(O)C=CC2OC1=O. The summed E-state index contributed by atoms with van der Waals surface area (Å²) in [5.41, 5.74) is -2.71. The molecule has 5 rings (SSSR count). The zero-order valence-electron chi connectivity index (χ0n) is 12.7. The number of benzene rings is 1. The summed E-state index contributed by atoms with van der Waals surface area (Å²) < 4.78 is 5.87. The minimum Gasteiger partial charge on any atom is -0.450 e. The average Bonchev–Trinajstić information content (AvgIpc) is 2.75. The minimum atomic E-state index is -2.15. The quantitative estimate of drug-likeness (QED) is 0.473. The van der Waals surface area contributed by atoms with Gasteiger partial charge in [-0.05, 0) is 37.1 Å². The number of Topliss-reactive ketones (excluding diaryl/α,β-unsaturated/α-hetero) is 2. The molecule has 6 heteroatoms. The van der Waals surface area contributed by atoms with Crippen LogP contribution in [0.4, 0.5) is 0 Å². The molecule has 2 aliphatic carbocycles. The molecule has 5 nitrogen and oxygen atoms in total. The highest BCUT2D eigenvalue weighted by Gasteiger charge is 2.64. The van der Waals surface area contributed by atoms with E-state index < -0.39 is 34.7 Å². The zero-order chi connectivity index (χ0) is 17.3. The van der Waals surface area contributed by atoms with Crippen molar-refractivity contribution in [1.29, 1.82) is 0 Å². The van der Waals surface area contributed by atoms with E-state index in [9.17, 15) is 19.5 Å². The maximum Gasteiger partial charge on any atom is 0.348 e. The predicted octanol–water partition coefficient (Wildman–Crippen LogP) is 1.67. The molecule has 0 radical (unpaired) electrons. The molecule has 24 heavy (non-hydrogen) atoms. The van der Waals surface area contributed by atoms with Crippen LogP contribution in [0, 0.1) is 5.41 Å². The molecule has 1 aromatic carbocycles. The van der Waals surface area contributed by atoms with Crippen molar-refractivity contribution in [3.05, 3.63) is 57.6 Å². The fourth-order valence-electron chi connectivity index (χ4n) is 3.62. The highest BCUT2D eigenvalue weighted by Crippen LogP contribution is 2.49. The first-order valence-corrected chi connectivity index (χ1v) is 8.29. The van der Waals surface area contributed by atoms with E-state index in [2.05, 4.69) is 15.9 Å². The second kappa shape index (κ2) is 4.74. The molecule has 3 atom stereocenters. The van der Waals surface area contributed by atoms with Crippen molar-refractivity contribution in [2.75, 3.05) is 0 Å². The van der Waals surface area contributed by atoms with Gasteiger partial charge in [-0.1, -0.05) is 34.1 Å². The standard InChI is InChI=1S/C18H13BrO5/c1-17(8-9-4-2-3-5-10(9)19)14(20)12-11-6-7-18(23,16(22)24-11)13(12)15(17)21/h2-7,11,23H,8H2,1H3. The van der Waals surface area contributed by atoms with Crippen molar-refractivity contribution in [3.63, 3.8) is 0 Å². The first-order valence-electron chi connectivity index (χ1n) is 7.49. The fraction of sp³-hybridized carbons (Fsp3) is 0.278. The Morgan fingerprint density at radius 2 is 1.92 bits per heavy atom.